The van der Waals surface area contributed by atoms with Crippen molar-refractivity contribution in [2.24, 2.45) is 5.14 Å². The van der Waals surface area contributed by atoms with Crippen LogP contribution in [0.5, 0.6) is 0 Å². The molecule has 7 heteroatoms. The second kappa shape index (κ2) is 5.33. The highest BCUT2D eigenvalue weighted by atomic mass is 32.2. The second-order valence-corrected chi connectivity index (χ2v) is 5.66. The zero-order valence-electron chi connectivity index (χ0n) is 10.4. The number of anilines is 1. The molecule has 2 aromatic rings. The molecule has 0 amide bonds. The highest BCUT2D eigenvalue weighted by molar-refractivity contribution is 7.89. The van der Waals surface area contributed by atoms with Crippen LogP contribution in [0, 0.1) is 6.92 Å². The maximum Gasteiger partial charge on any atom is 0.238 e. The fraction of sp³-hybridized carbons (Fsp3) is 0.167. The van der Waals surface area contributed by atoms with Gasteiger partial charge in [0.05, 0.1) is 10.6 Å². The van der Waals surface area contributed by atoms with E-state index >= 15 is 0 Å². The minimum Gasteiger partial charge on any atom is -0.365 e. The first-order chi connectivity index (χ1) is 8.95. The van der Waals surface area contributed by atoms with Crippen LogP contribution in [-0.4, -0.2) is 18.6 Å². The zero-order chi connectivity index (χ0) is 13.9. The second-order valence-electron chi connectivity index (χ2n) is 4.10. The highest BCUT2D eigenvalue weighted by Gasteiger charge is 2.06. The van der Waals surface area contributed by atoms with Crippen LogP contribution in [-0.2, 0) is 16.6 Å². The van der Waals surface area contributed by atoms with Crippen molar-refractivity contribution in [2.45, 2.75) is 18.4 Å². The fourth-order valence-electron chi connectivity index (χ4n) is 1.48. The molecule has 0 aliphatic rings. The topological polar surface area (TPSA) is 98.0 Å². The Bertz CT molecular complexity index is 651. The highest BCUT2D eigenvalue weighted by Crippen LogP contribution is 2.10. The Balaban J connectivity index is 2.02. The van der Waals surface area contributed by atoms with Crippen molar-refractivity contribution >= 4 is 15.8 Å². The van der Waals surface area contributed by atoms with Gasteiger partial charge in [0.15, 0.2) is 0 Å². The van der Waals surface area contributed by atoms with E-state index in [9.17, 15) is 8.42 Å². The van der Waals surface area contributed by atoms with E-state index in [1.54, 1.807) is 12.1 Å². The number of benzene rings is 1. The quantitative estimate of drug-likeness (QED) is 0.871. The molecule has 0 aliphatic carbocycles. The van der Waals surface area contributed by atoms with Crippen molar-refractivity contribution in [3.8, 4) is 0 Å². The number of nitrogens with one attached hydrogen (secondary N) is 1. The smallest absolute Gasteiger partial charge is 0.238 e. The van der Waals surface area contributed by atoms with E-state index in [2.05, 4.69) is 15.5 Å². The lowest BCUT2D eigenvalue weighted by atomic mass is 10.2. The number of hydrogen-bond acceptors (Lipinski definition) is 5. The number of primary sulfonamides is 1. The Morgan fingerprint density at radius 2 is 1.79 bits per heavy atom. The van der Waals surface area contributed by atoms with Gasteiger partial charge in [-0.05, 0) is 36.8 Å². The summed E-state index contributed by atoms with van der Waals surface area (Å²) in [6, 6.07) is 10.1. The first kappa shape index (κ1) is 13.4. The summed E-state index contributed by atoms with van der Waals surface area (Å²) in [5, 5.41) is 16.0. The van der Waals surface area contributed by atoms with Gasteiger partial charge in [-0.1, -0.05) is 12.1 Å². The molecule has 0 spiro atoms. The lowest BCUT2D eigenvalue weighted by Gasteiger charge is -2.06. The number of hydrogen-bond donors (Lipinski definition) is 2. The van der Waals surface area contributed by atoms with E-state index in [1.807, 2.05) is 19.1 Å². The summed E-state index contributed by atoms with van der Waals surface area (Å²) in [6.07, 6.45) is 0. The molecule has 0 atom stereocenters. The van der Waals surface area contributed by atoms with Crippen molar-refractivity contribution in [2.75, 3.05) is 5.32 Å². The van der Waals surface area contributed by atoms with Gasteiger partial charge in [0.2, 0.25) is 10.0 Å². The van der Waals surface area contributed by atoms with Gasteiger partial charge in [0.25, 0.3) is 0 Å². The van der Waals surface area contributed by atoms with Gasteiger partial charge in [-0.15, -0.1) is 5.10 Å². The molecular formula is C12H14N4O2S. The van der Waals surface area contributed by atoms with E-state index in [4.69, 9.17) is 5.14 Å². The molecule has 1 heterocycles. The van der Waals surface area contributed by atoms with Gasteiger partial charge < -0.3 is 5.32 Å². The normalized spacial score (nSPS) is 11.3. The van der Waals surface area contributed by atoms with Crippen molar-refractivity contribution in [3.05, 3.63) is 47.7 Å². The summed E-state index contributed by atoms with van der Waals surface area (Å²) in [6.45, 7) is 2.39. The molecule has 0 saturated heterocycles. The lowest BCUT2D eigenvalue weighted by molar-refractivity contribution is 0.598. The maximum atomic E-state index is 11.1. The van der Waals surface area contributed by atoms with Crippen LogP contribution in [0.25, 0.3) is 0 Å². The maximum absolute atomic E-state index is 11.1. The van der Waals surface area contributed by atoms with Gasteiger partial charge >= 0.3 is 0 Å². The Labute approximate surface area is 111 Å². The lowest BCUT2D eigenvalue weighted by Crippen LogP contribution is -2.12. The van der Waals surface area contributed by atoms with Crippen molar-refractivity contribution in [1.82, 2.24) is 10.2 Å². The van der Waals surface area contributed by atoms with Crippen LogP contribution in [0.2, 0.25) is 0 Å². The predicted octanol–water partition coefficient (Wildman–Crippen LogP) is 1.04. The Morgan fingerprint density at radius 3 is 2.32 bits per heavy atom. The Hall–Kier alpha value is -1.99. The summed E-state index contributed by atoms with van der Waals surface area (Å²) in [4.78, 5) is 0.103. The summed E-state index contributed by atoms with van der Waals surface area (Å²) in [5.74, 6) is 0.668. The predicted molar refractivity (Wildman–Crippen MR) is 71.9 cm³/mol. The molecule has 1 aromatic carbocycles. The van der Waals surface area contributed by atoms with E-state index in [0.717, 1.165) is 11.3 Å². The summed E-state index contributed by atoms with van der Waals surface area (Å²) in [5.41, 5.74) is 1.78. The Morgan fingerprint density at radius 1 is 1.11 bits per heavy atom. The molecule has 0 saturated carbocycles. The van der Waals surface area contributed by atoms with Crippen molar-refractivity contribution < 1.29 is 8.42 Å². The number of nitrogens with zero attached hydrogens (tertiary/aromatic N) is 2. The van der Waals surface area contributed by atoms with Gasteiger partial charge in [-0.2, -0.15) is 5.10 Å². The molecule has 2 rings (SSSR count). The first-order valence-electron chi connectivity index (χ1n) is 5.61. The molecule has 100 valence electrons. The average Bonchev–Trinajstić information content (AvgIpc) is 2.37. The third-order valence-corrected chi connectivity index (χ3v) is 3.45. The standard InChI is InChI=1S/C12H14N4O2S/c1-9-2-7-12(16-15-9)14-8-10-3-5-11(6-4-10)19(13,17)18/h2-7H,8H2,1H3,(H,14,16)(H2,13,17,18). The van der Waals surface area contributed by atoms with E-state index in [-0.39, 0.29) is 4.90 Å². The molecule has 3 N–H and O–H groups in total. The summed E-state index contributed by atoms with van der Waals surface area (Å²) in [7, 11) is -3.63. The van der Waals surface area contributed by atoms with Crippen molar-refractivity contribution in [3.63, 3.8) is 0 Å². The monoisotopic (exact) mass is 278 g/mol. The molecule has 1 aromatic heterocycles. The van der Waals surface area contributed by atoms with E-state index in [1.165, 1.54) is 12.1 Å². The molecule has 6 nitrogen and oxygen atoms in total. The molecule has 0 aliphatic heterocycles. The molecule has 0 radical (unpaired) electrons. The number of rotatable bonds is 4. The van der Waals surface area contributed by atoms with Gasteiger partial charge in [-0.25, -0.2) is 13.6 Å². The summed E-state index contributed by atoms with van der Waals surface area (Å²) >= 11 is 0. The van der Waals surface area contributed by atoms with Gasteiger partial charge in [0.1, 0.15) is 5.82 Å². The van der Waals surface area contributed by atoms with Gasteiger partial charge in [0, 0.05) is 6.54 Å². The zero-order valence-corrected chi connectivity index (χ0v) is 11.2. The largest absolute Gasteiger partial charge is 0.365 e. The third kappa shape index (κ3) is 3.73. The molecule has 0 fully saturated rings. The van der Waals surface area contributed by atoms with Crippen LogP contribution < -0.4 is 10.5 Å². The number of aryl methyl sites for hydroxylation is 1. The molecular weight excluding hydrogens is 264 g/mol. The first-order valence-corrected chi connectivity index (χ1v) is 7.16. The molecule has 0 unspecified atom stereocenters. The SMILES string of the molecule is Cc1ccc(NCc2ccc(S(N)(=O)=O)cc2)nn1. The van der Waals surface area contributed by atoms with E-state index in [0.29, 0.717) is 12.4 Å². The fourth-order valence-corrected chi connectivity index (χ4v) is 2.00. The molecule has 0 bridgehead atoms. The van der Waals surface area contributed by atoms with Crippen LogP contribution >= 0.6 is 0 Å². The molecule has 19 heavy (non-hydrogen) atoms. The number of nitrogens with two attached hydrogens (primary N) is 1. The van der Waals surface area contributed by atoms with Crippen LogP contribution in [0.3, 0.4) is 0 Å². The van der Waals surface area contributed by atoms with Crippen molar-refractivity contribution in [1.29, 1.82) is 0 Å². The van der Waals surface area contributed by atoms with Crippen LogP contribution in [0.1, 0.15) is 11.3 Å². The minimum absolute atomic E-state index is 0.103. The van der Waals surface area contributed by atoms with Gasteiger partial charge in [-0.3, -0.25) is 0 Å². The summed E-state index contributed by atoms with van der Waals surface area (Å²) < 4.78 is 22.2. The van der Waals surface area contributed by atoms with Crippen LogP contribution in [0.4, 0.5) is 5.82 Å². The van der Waals surface area contributed by atoms with E-state index < -0.39 is 10.0 Å². The number of sulfonamides is 1. The average molecular weight is 278 g/mol. The minimum atomic E-state index is -3.63. The third-order valence-electron chi connectivity index (χ3n) is 2.52. The van der Waals surface area contributed by atoms with Crippen LogP contribution in [0.15, 0.2) is 41.3 Å². The number of aromatic nitrogens is 2. The Kier molecular flexibility index (Phi) is 3.77.